The molecular weight excluding hydrogens is 841 g/mol. The van der Waals surface area contributed by atoms with Gasteiger partial charge < -0.3 is 14.2 Å². The molecule has 1 atom stereocenters. The van der Waals surface area contributed by atoms with E-state index >= 15 is 0 Å². The van der Waals surface area contributed by atoms with E-state index in [1.54, 1.807) is 0 Å². The molecule has 0 aromatic heterocycles. The molecule has 390 valence electrons. The van der Waals surface area contributed by atoms with E-state index in [0.717, 1.165) is 89.9 Å². The number of allylic oxidation sites excluding steroid dienone is 14. The van der Waals surface area contributed by atoms with Gasteiger partial charge >= 0.3 is 17.9 Å². The predicted octanol–water partition coefficient (Wildman–Crippen LogP) is 19.2. The molecule has 0 aromatic rings. The third-order valence-electron chi connectivity index (χ3n) is 12.1. The van der Waals surface area contributed by atoms with Crippen molar-refractivity contribution in [3.05, 3.63) is 85.1 Å². The first kappa shape index (κ1) is 64.6. The Balaban J connectivity index is 4.41. The van der Waals surface area contributed by atoms with Crippen LogP contribution < -0.4 is 0 Å². The molecule has 0 aliphatic carbocycles. The van der Waals surface area contributed by atoms with E-state index in [1.165, 1.54) is 135 Å². The van der Waals surface area contributed by atoms with Gasteiger partial charge in [0.05, 0.1) is 0 Å². The summed E-state index contributed by atoms with van der Waals surface area (Å²) >= 11 is 0. The van der Waals surface area contributed by atoms with Gasteiger partial charge in [-0.15, -0.1) is 0 Å². The van der Waals surface area contributed by atoms with Crippen molar-refractivity contribution in [3.8, 4) is 0 Å². The second-order valence-electron chi connectivity index (χ2n) is 18.8. The Morgan fingerprint density at radius 2 is 0.588 bits per heavy atom. The maximum absolute atomic E-state index is 12.8. The molecule has 0 heterocycles. The Hall–Kier alpha value is -3.41. The average Bonchev–Trinajstić information content (AvgIpc) is 3.34. The fourth-order valence-corrected chi connectivity index (χ4v) is 7.82. The smallest absolute Gasteiger partial charge is 0.306 e. The maximum atomic E-state index is 12.8. The van der Waals surface area contributed by atoms with Crippen LogP contribution in [-0.4, -0.2) is 37.2 Å². The van der Waals surface area contributed by atoms with Gasteiger partial charge in [-0.3, -0.25) is 14.4 Å². The Labute approximate surface area is 420 Å². The summed E-state index contributed by atoms with van der Waals surface area (Å²) in [5.41, 5.74) is 0. The summed E-state index contributed by atoms with van der Waals surface area (Å²) in [5.74, 6) is -0.969. The van der Waals surface area contributed by atoms with Crippen molar-refractivity contribution in [1.82, 2.24) is 0 Å². The zero-order valence-corrected chi connectivity index (χ0v) is 44.6. The first-order chi connectivity index (χ1) is 33.5. The highest BCUT2D eigenvalue weighted by Crippen LogP contribution is 2.15. The summed E-state index contributed by atoms with van der Waals surface area (Å²) in [6, 6.07) is 0. The normalized spacial score (nSPS) is 12.7. The number of hydrogen-bond acceptors (Lipinski definition) is 6. The van der Waals surface area contributed by atoms with Gasteiger partial charge in [-0.1, -0.05) is 228 Å². The molecule has 0 aliphatic rings. The van der Waals surface area contributed by atoms with E-state index in [-0.39, 0.29) is 37.5 Å². The summed E-state index contributed by atoms with van der Waals surface area (Å²) in [7, 11) is 0. The minimum atomic E-state index is -0.810. The Morgan fingerprint density at radius 1 is 0.309 bits per heavy atom. The van der Waals surface area contributed by atoms with E-state index < -0.39 is 6.10 Å². The first-order valence-electron chi connectivity index (χ1n) is 28.6. The molecule has 68 heavy (non-hydrogen) atoms. The minimum Gasteiger partial charge on any atom is -0.462 e. The van der Waals surface area contributed by atoms with Gasteiger partial charge in [0, 0.05) is 19.3 Å². The molecule has 0 saturated heterocycles. The molecule has 0 radical (unpaired) electrons. The first-order valence-corrected chi connectivity index (χ1v) is 28.6. The molecule has 0 bridgehead atoms. The third kappa shape index (κ3) is 53.5. The Kier molecular flexibility index (Phi) is 53.4. The zero-order valence-electron chi connectivity index (χ0n) is 44.6. The number of carbonyl (C=O) groups excluding carboxylic acids is 3. The van der Waals surface area contributed by atoms with E-state index in [4.69, 9.17) is 14.2 Å². The van der Waals surface area contributed by atoms with Crippen LogP contribution in [-0.2, 0) is 28.6 Å². The molecule has 0 N–H and O–H groups in total. The van der Waals surface area contributed by atoms with Crippen molar-refractivity contribution < 1.29 is 28.6 Å². The molecule has 0 fully saturated rings. The highest BCUT2D eigenvalue weighted by Gasteiger charge is 2.19. The lowest BCUT2D eigenvalue weighted by Crippen LogP contribution is -2.30. The SMILES string of the molecule is CC/C=C\C/C=C\C/C=C\C/C=C\C/C=C\CCCC(=O)OC(COC(=O)CCCCCCC/C=C\CCCCC)COC(=O)CCCCCCCCCCC/C=C\CCCCCCCCCC. The monoisotopic (exact) mass is 947 g/mol. The highest BCUT2D eigenvalue weighted by atomic mass is 16.6. The fraction of sp³-hybridized carbons (Fsp3) is 0.726. The number of esters is 3. The number of unbranched alkanes of at least 4 members (excludes halogenated alkanes) is 26. The van der Waals surface area contributed by atoms with Crippen molar-refractivity contribution in [3.63, 3.8) is 0 Å². The topological polar surface area (TPSA) is 78.9 Å². The molecule has 6 nitrogen and oxygen atoms in total. The van der Waals surface area contributed by atoms with Crippen LogP contribution in [0.15, 0.2) is 85.1 Å². The van der Waals surface area contributed by atoms with Crippen LogP contribution in [0.1, 0.15) is 271 Å². The molecule has 0 rings (SSSR count). The molecule has 0 aliphatic heterocycles. The van der Waals surface area contributed by atoms with E-state index in [0.29, 0.717) is 19.3 Å². The van der Waals surface area contributed by atoms with Gasteiger partial charge in [-0.05, 0) is 109 Å². The third-order valence-corrected chi connectivity index (χ3v) is 12.1. The van der Waals surface area contributed by atoms with Gasteiger partial charge in [0.2, 0.25) is 0 Å². The second-order valence-corrected chi connectivity index (χ2v) is 18.8. The van der Waals surface area contributed by atoms with E-state index in [2.05, 4.69) is 106 Å². The molecule has 0 spiro atoms. The van der Waals surface area contributed by atoms with E-state index in [9.17, 15) is 14.4 Å². The largest absolute Gasteiger partial charge is 0.462 e. The maximum Gasteiger partial charge on any atom is 0.306 e. The van der Waals surface area contributed by atoms with Gasteiger partial charge in [0.15, 0.2) is 6.10 Å². The highest BCUT2D eigenvalue weighted by molar-refractivity contribution is 5.71. The molecule has 0 aromatic carbocycles. The average molecular weight is 948 g/mol. The summed E-state index contributed by atoms with van der Waals surface area (Å²) < 4.78 is 16.8. The van der Waals surface area contributed by atoms with Crippen LogP contribution in [0.2, 0.25) is 0 Å². The predicted molar refractivity (Wildman–Crippen MR) is 293 cm³/mol. The molecule has 0 saturated carbocycles. The Bertz CT molecular complexity index is 1320. The summed E-state index contributed by atoms with van der Waals surface area (Å²) in [6.07, 6.45) is 73.0. The van der Waals surface area contributed by atoms with Crippen LogP contribution in [0.5, 0.6) is 0 Å². The number of rotatable bonds is 51. The molecule has 1 unspecified atom stereocenters. The van der Waals surface area contributed by atoms with Crippen LogP contribution in [0.25, 0.3) is 0 Å². The summed E-state index contributed by atoms with van der Waals surface area (Å²) in [4.78, 5) is 38.1. The summed E-state index contributed by atoms with van der Waals surface area (Å²) in [6.45, 7) is 6.46. The van der Waals surface area contributed by atoms with Gasteiger partial charge in [-0.25, -0.2) is 0 Å². The Morgan fingerprint density at radius 3 is 0.985 bits per heavy atom. The van der Waals surface area contributed by atoms with Gasteiger partial charge in [0.25, 0.3) is 0 Å². The number of carbonyl (C=O) groups is 3. The quantitative estimate of drug-likeness (QED) is 0.0262. The molecule has 6 heteroatoms. The molecular formula is C62H106O6. The van der Waals surface area contributed by atoms with E-state index in [1.807, 2.05) is 0 Å². The van der Waals surface area contributed by atoms with Crippen LogP contribution >= 0.6 is 0 Å². The summed E-state index contributed by atoms with van der Waals surface area (Å²) in [5, 5.41) is 0. The lowest BCUT2D eigenvalue weighted by atomic mass is 10.1. The lowest BCUT2D eigenvalue weighted by molar-refractivity contribution is -0.167. The van der Waals surface area contributed by atoms with Crippen molar-refractivity contribution in [2.75, 3.05) is 13.2 Å². The number of hydrogen-bond donors (Lipinski definition) is 0. The fourth-order valence-electron chi connectivity index (χ4n) is 7.82. The zero-order chi connectivity index (χ0) is 49.3. The lowest BCUT2D eigenvalue weighted by Gasteiger charge is -2.18. The van der Waals surface area contributed by atoms with Crippen LogP contribution in [0.4, 0.5) is 0 Å². The van der Waals surface area contributed by atoms with Crippen molar-refractivity contribution >= 4 is 17.9 Å². The van der Waals surface area contributed by atoms with Gasteiger partial charge in [-0.2, -0.15) is 0 Å². The van der Waals surface area contributed by atoms with Gasteiger partial charge in [0.1, 0.15) is 13.2 Å². The molecule has 0 amide bonds. The van der Waals surface area contributed by atoms with Crippen molar-refractivity contribution in [1.29, 1.82) is 0 Å². The van der Waals surface area contributed by atoms with Crippen LogP contribution in [0.3, 0.4) is 0 Å². The second kappa shape index (κ2) is 56.2. The minimum absolute atomic E-state index is 0.102. The van der Waals surface area contributed by atoms with Crippen molar-refractivity contribution in [2.24, 2.45) is 0 Å². The van der Waals surface area contributed by atoms with Crippen molar-refractivity contribution in [2.45, 2.75) is 277 Å². The number of ether oxygens (including phenoxy) is 3. The van der Waals surface area contributed by atoms with Crippen LogP contribution in [0, 0.1) is 0 Å². The standard InChI is InChI=1S/C62H106O6/c1-4-7-10-13-16-19-22-25-27-29-30-31-32-34-35-37-40-43-46-49-52-55-61(64)67-58-59(57-66-60(63)54-51-48-45-42-39-24-21-18-15-12-9-6-3)68-62(65)56-53-50-47-44-41-38-36-33-28-26-23-20-17-14-11-8-5-2/h8,11,17-18,20-21,26,28-30,36,38,44,47,59H,4-7,9-10,12-16,19,22-25,27,31-35,37,39-43,45-46,48-58H2,1-3H3/b11-8-,20-17-,21-18-,28-26-,30-29-,38-36-,47-44-.